The Morgan fingerprint density at radius 2 is 2.17 bits per heavy atom. The summed E-state index contributed by atoms with van der Waals surface area (Å²) in [5.74, 6) is 1.35. The number of fused-ring (bicyclic) bond motifs is 2. The Morgan fingerprint density at radius 1 is 1.31 bits per heavy atom. The number of aliphatic hydroxyl groups excluding tert-OH is 1. The van der Waals surface area contributed by atoms with Crippen molar-refractivity contribution in [1.29, 1.82) is 0 Å². The van der Waals surface area contributed by atoms with Gasteiger partial charge in [-0.1, -0.05) is 6.07 Å². The zero-order valence-corrected chi connectivity index (χ0v) is 17.2. The molecular formula is C21H23N5O2S. The lowest BCUT2D eigenvalue weighted by Gasteiger charge is -2.14. The van der Waals surface area contributed by atoms with Gasteiger partial charge in [-0.3, -0.25) is 4.90 Å². The Morgan fingerprint density at radius 3 is 2.93 bits per heavy atom. The molecule has 150 valence electrons. The third kappa shape index (κ3) is 3.13. The second-order valence-electron chi connectivity index (χ2n) is 7.63. The van der Waals surface area contributed by atoms with E-state index < -0.39 is 0 Å². The maximum Gasteiger partial charge on any atom is 0.152 e. The summed E-state index contributed by atoms with van der Waals surface area (Å²) in [7, 11) is 1.70. The molecule has 3 N–H and O–H groups in total. The first-order valence-corrected chi connectivity index (χ1v) is 10.4. The van der Waals surface area contributed by atoms with Crippen LogP contribution in [0.25, 0.3) is 26.0 Å². The van der Waals surface area contributed by atoms with Crippen molar-refractivity contribution in [3.63, 3.8) is 0 Å². The van der Waals surface area contributed by atoms with E-state index in [1.54, 1.807) is 18.4 Å². The molecule has 8 heteroatoms. The van der Waals surface area contributed by atoms with E-state index in [2.05, 4.69) is 46.2 Å². The number of methoxy groups -OCH3 is 1. The number of aromatic nitrogens is 3. The molecule has 1 aliphatic heterocycles. The molecule has 0 bridgehead atoms. The number of hydrogen-bond donors (Lipinski definition) is 2. The summed E-state index contributed by atoms with van der Waals surface area (Å²) in [6.07, 6.45) is 2.05. The summed E-state index contributed by atoms with van der Waals surface area (Å²) >= 11 is 1.69. The van der Waals surface area contributed by atoms with E-state index in [4.69, 9.17) is 10.5 Å². The van der Waals surface area contributed by atoms with Crippen molar-refractivity contribution in [2.75, 3.05) is 25.9 Å². The predicted octanol–water partition coefficient (Wildman–Crippen LogP) is 3.08. The number of hydrogen-bond acceptors (Lipinski definition) is 7. The van der Waals surface area contributed by atoms with Crippen LogP contribution in [0.2, 0.25) is 0 Å². The summed E-state index contributed by atoms with van der Waals surface area (Å²) < 4.78 is 8.60. The number of likely N-dealkylation sites (tertiary alicyclic amines) is 1. The monoisotopic (exact) mass is 409 g/mol. The number of aliphatic hydroxyl groups is 1. The summed E-state index contributed by atoms with van der Waals surface area (Å²) in [4.78, 5) is 7.57. The van der Waals surface area contributed by atoms with E-state index in [1.807, 2.05) is 4.52 Å². The van der Waals surface area contributed by atoms with Gasteiger partial charge in [0, 0.05) is 30.1 Å². The van der Waals surface area contributed by atoms with E-state index in [0.29, 0.717) is 18.9 Å². The van der Waals surface area contributed by atoms with Crippen LogP contribution < -0.4 is 10.5 Å². The second-order valence-corrected chi connectivity index (χ2v) is 8.68. The fourth-order valence-corrected chi connectivity index (χ4v) is 5.32. The molecule has 1 aromatic carbocycles. The molecule has 4 heterocycles. The zero-order valence-electron chi connectivity index (χ0n) is 16.4. The number of β-amino-alcohol motifs (C(OH)–C–C–N with tert-alkyl or cyclic N) is 1. The predicted molar refractivity (Wildman–Crippen MR) is 115 cm³/mol. The van der Waals surface area contributed by atoms with E-state index in [1.165, 1.54) is 6.33 Å². The molecule has 0 amide bonds. The fraction of sp³-hybridized carbons (Fsp3) is 0.333. The molecule has 29 heavy (non-hydrogen) atoms. The number of rotatable bonds is 4. The SMILES string of the molecule is COc1cc(C)cc2cc(-c3cc(CN4CCC(O)C4)n4ncnc(N)c34)sc12. The molecule has 3 aromatic heterocycles. The number of ether oxygens (including phenoxy) is 1. The molecule has 0 radical (unpaired) electrons. The van der Waals surface area contributed by atoms with Crippen molar-refractivity contribution in [2.45, 2.75) is 26.0 Å². The molecule has 0 spiro atoms. The first-order valence-electron chi connectivity index (χ1n) is 9.63. The van der Waals surface area contributed by atoms with Gasteiger partial charge < -0.3 is 15.6 Å². The lowest BCUT2D eigenvalue weighted by Crippen LogP contribution is -2.22. The highest BCUT2D eigenvalue weighted by atomic mass is 32.1. The van der Waals surface area contributed by atoms with Gasteiger partial charge in [0.25, 0.3) is 0 Å². The van der Waals surface area contributed by atoms with Crippen LogP contribution in [0.15, 0.2) is 30.6 Å². The first-order chi connectivity index (χ1) is 14.0. The minimum atomic E-state index is -0.251. The molecule has 1 aliphatic rings. The van der Waals surface area contributed by atoms with Gasteiger partial charge in [0.05, 0.1) is 23.6 Å². The van der Waals surface area contributed by atoms with E-state index in [0.717, 1.165) is 56.0 Å². The minimum absolute atomic E-state index is 0.251. The molecule has 5 rings (SSSR count). The highest BCUT2D eigenvalue weighted by Crippen LogP contribution is 2.42. The topological polar surface area (TPSA) is 88.9 Å². The highest BCUT2D eigenvalue weighted by molar-refractivity contribution is 7.22. The number of anilines is 1. The maximum atomic E-state index is 9.87. The largest absolute Gasteiger partial charge is 0.495 e. The van der Waals surface area contributed by atoms with Gasteiger partial charge in [0.1, 0.15) is 17.6 Å². The third-order valence-corrected chi connectivity index (χ3v) is 6.70. The highest BCUT2D eigenvalue weighted by Gasteiger charge is 2.23. The quantitative estimate of drug-likeness (QED) is 0.538. The normalized spacial score (nSPS) is 17.6. The van der Waals surface area contributed by atoms with Crippen molar-refractivity contribution in [3.8, 4) is 16.2 Å². The van der Waals surface area contributed by atoms with Gasteiger partial charge in [-0.05, 0) is 42.5 Å². The van der Waals surface area contributed by atoms with Crippen LogP contribution in [0.1, 0.15) is 17.7 Å². The van der Waals surface area contributed by atoms with Crippen LogP contribution in [0, 0.1) is 6.92 Å². The summed E-state index contributed by atoms with van der Waals surface area (Å²) in [6, 6.07) is 8.56. The molecule has 1 fully saturated rings. The van der Waals surface area contributed by atoms with Crippen LogP contribution in [-0.4, -0.2) is 50.9 Å². The van der Waals surface area contributed by atoms with Gasteiger partial charge in [-0.2, -0.15) is 5.10 Å². The third-order valence-electron chi connectivity index (χ3n) is 5.50. The Labute approximate surface area is 172 Å². The zero-order chi connectivity index (χ0) is 20.1. The average Bonchev–Trinajstić information content (AvgIpc) is 3.39. The Balaban J connectivity index is 1.66. The molecular weight excluding hydrogens is 386 g/mol. The Bertz CT molecular complexity index is 1210. The maximum absolute atomic E-state index is 9.87. The lowest BCUT2D eigenvalue weighted by molar-refractivity contribution is 0.174. The van der Waals surface area contributed by atoms with Crippen LogP contribution >= 0.6 is 11.3 Å². The molecule has 1 unspecified atom stereocenters. The van der Waals surface area contributed by atoms with Gasteiger partial charge >= 0.3 is 0 Å². The average molecular weight is 410 g/mol. The smallest absolute Gasteiger partial charge is 0.152 e. The molecule has 0 saturated carbocycles. The number of thiophene rings is 1. The molecule has 7 nitrogen and oxygen atoms in total. The van der Waals surface area contributed by atoms with E-state index in [9.17, 15) is 5.11 Å². The summed E-state index contributed by atoms with van der Waals surface area (Å²) in [6.45, 7) is 4.34. The molecule has 1 atom stereocenters. The van der Waals surface area contributed by atoms with Crippen LogP contribution in [-0.2, 0) is 6.54 Å². The number of nitrogens with two attached hydrogens (primary N) is 1. The van der Waals surface area contributed by atoms with Gasteiger partial charge in [0.2, 0.25) is 0 Å². The number of nitrogens with zero attached hydrogens (tertiary/aromatic N) is 4. The lowest BCUT2D eigenvalue weighted by atomic mass is 10.1. The van der Waals surface area contributed by atoms with Crippen LogP contribution in [0.3, 0.4) is 0 Å². The van der Waals surface area contributed by atoms with Crippen LogP contribution in [0.5, 0.6) is 5.75 Å². The molecule has 4 aromatic rings. The van der Waals surface area contributed by atoms with Crippen LogP contribution in [0.4, 0.5) is 5.82 Å². The van der Waals surface area contributed by atoms with Crippen molar-refractivity contribution in [3.05, 3.63) is 41.9 Å². The van der Waals surface area contributed by atoms with Crippen molar-refractivity contribution in [2.24, 2.45) is 0 Å². The van der Waals surface area contributed by atoms with Crippen molar-refractivity contribution >= 4 is 32.8 Å². The first kappa shape index (κ1) is 18.4. The van der Waals surface area contributed by atoms with E-state index >= 15 is 0 Å². The number of aryl methyl sites for hydroxylation is 1. The summed E-state index contributed by atoms with van der Waals surface area (Å²) in [5, 5.41) is 15.5. The summed E-state index contributed by atoms with van der Waals surface area (Å²) in [5.41, 5.74) is 10.3. The van der Waals surface area contributed by atoms with Gasteiger partial charge in [0.15, 0.2) is 5.82 Å². The number of benzene rings is 1. The second kappa shape index (κ2) is 6.98. The minimum Gasteiger partial charge on any atom is -0.495 e. The standard InChI is InChI=1S/C21H23N5O2S/c1-12-5-13-7-18(29-20(13)17(6-12)28-2)16-8-14(9-25-4-3-15(27)10-25)26-19(16)21(22)23-11-24-26/h5-8,11,15,27H,3-4,9-10H2,1-2H3,(H2,22,23,24). The Kier molecular flexibility index (Phi) is 4.42. The molecule has 1 saturated heterocycles. The Hall–Kier alpha value is -2.68. The van der Waals surface area contributed by atoms with Crippen molar-refractivity contribution in [1.82, 2.24) is 19.5 Å². The number of nitrogen functional groups attached to an aromatic ring is 1. The molecule has 0 aliphatic carbocycles. The fourth-order valence-electron chi connectivity index (χ4n) is 4.17. The van der Waals surface area contributed by atoms with Gasteiger partial charge in [-0.15, -0.1) is 11.3 Å². The van der Waals surface area contributed by atoms with Gasteiger partial charge in [-0.25, -0.2) is 9.50 Å². The van der Waals surface area contributed by atoms with E-state index in [-0.39, 0.29) is 6.10 Å². The van der Waals surface area contributed by atoms with Crippen molar-refractivity contribution < 1.29 is 9.84 Å².